The molecule has 5 rings (SSSR count). The number of amides is 1. The molecule has 0 spiro atoms. The Morgan fingerprint density at radius 3 is 2.44 bits per heavy atom. The number of primary amides is 1. The van der Waals surface area contributed by atoms with Gasteiger partial charge in [-0.2, -0.15) is 0 Å². The van der Waals surface area contributed by atoms with Crippen molar-refractivity contribution in [3.05, 3.63) is 46.2 Å². The van der Waals surface area contributed by atoms with Gasteiger partial charge in [0.05, 0.1) is 5.56 Å². The summed E-state index contributed by atoms with van der Waals surface area (Å²) < 4.78 is 0. The smallest absolute Gasteiger partial charge is 0.255 e. The Kier molecular flexibility index (Phi) is 4.77. The zero-order valence-corrected chi connectivity index (χ0v) is 18.4. The van der Waals surface area contributed by atoms with E-state index in [-0.39, 0.29) is 35.0 Å². The molecule has 2 saturated carbocycles. The van der Waals surface area contributed by atoms with Crippen molar-refractivity contribution in [1.29, 1.82) is 0 Å². The average Bonchev–Trinajstić information content (AvgIpc) is 3.61. The summed E-state index contributed by atoms with van der Waals surface area (Å²) in [6, 6.07) is 4.65. The maximum Gasteiger partial charge on any atom is 0.255 e. The number of aromatic hydroxyl groups is 1. The van der Waals surface area contributed by atoms with Crippen molar-refractivity contribution in [3.63, 3.8) is 0 Å². The number of Topliss-reactive ketones (excluding diaryl/α,β-unsaturated/α-hetero) is 3. The largest absolute Gasteiger partial charge is 0.508 e. The van der Waals surface area contributed by atoms with Gasteiger partial charge in [-0.25, -0.2) is 0 Å². The minimum Gasteiger partial charge on any atom is -0.508 e. The summed E-state index contributed by atoms with van der Waals surface area (Å²) in [7, 11) is 0. The second-order valence-corrected chi connectivity index (χ2v) is 9.84. The number of rotatable bonds is 4. The fraction of sp³-hybridized carbons (Fsp3) is 0.440. The second-order valence-electron chi connectivity index (χ2n) is 9.84. The number of nitrogens with two attached hydrogens (primary N) is 1. The van der Waals surface area contributed by atoms with Gasteiger partial charge < -0.3 is 26.2 Å². The highest BCUT2D eigenvalue weighted by Gasteiger charge is 2.65. The molecule has 0 bridgehead atoms. The molecular formula is C25H25NO8. The quantitative estimate of drug-likeness (QED) is 0.415. The molecular weight excluding hydrogens is 442 g/mol. The zero-order chi connectivity index (χ0) is 24.7. The lowest BCUT2D eigenvalue weighted by Gasteiger charge is -2.52. The van der Waals surface area contributed by atoms with Crippen LogP contribution >= 0.6 is 0 Å². The van der Waals surface area contributed by atoms with Crippen molar-refractivity contribution >= 4 is 29.0 Å². The van der Waals surface area contributed by atoms with Crippen molar-refractivity contribution in [3.8, 4) is 5.75 Å². The third-order valence-corrected chi connectivity index (χ3v) is 8.03. The Labute approximate surface area is 194 Å². The Hall–Kier alpha value is -3.46. The van der Waals surface area contributed by atoms with Gasteiger partial charge in [-0.3, -0.25) is 19.2 Å². The fourth-order valence-corrected chi connectivity index (χ4v) is 6.24. The molecule has 0 saturated heterocycles. The molecule has 0 aliphatic heterocycles. The number of carbonyl (C=O) groups is 4. The van der Waals surface area contributed by atoms with E-state index < -0.39 is 70.3 Å². The Bertz CT molecular complexity index is 1240. The number of aliphatic hydroxyl groups excluding tert-OH is 2. The van der Waals surface area contributed by atoms with Gasteiger partial charge >= 0.3 is 0 Å². The molecule has 0 unspecified atom stereocenters. The fourth-order valence-electron chi connectivity index (χ4n) is 6.24. The minimum absolute atomic E-state index is 0.0365. The molecule has 178 valence electrons. The topological polar surface area (TPSA) is 175 Å². The third-order valence-electron chi connectivity index (χ3n) is 8.03. The van der Waals surface area contributed by atoms with E-state index in [9.17, 15) is 39.6 Å². The summed E-state index contributed by atoms with van der Waals surface area (Å²) in [5.74, 6) is -8.55. The summed E-state index contributed by atoms with van der Waals surface area (Å²) >= 11 is 0. The van der Waals surface area contributed by atoms with Crippen molar-refractivity contribution in [1.82, 2.24) is 0 Å². The van der Waals surface area contributed by atoms with Crippen LogP contribution in [-0.2, 0) is 19.2 Å². The van der Waals surface area contributed by atoms with Gasteiger partial charge in [0.25, 0.3) is 5.91 Å². The van der Waals surface area contributed by atoms with Crippen molar-refractivity contribution in [2.75, 3.05) is 0 Å². The summed E-state index contributed by atoms with van der Waals surface area (Å²) in [5, 5.41) is 44.1. The molecule has 2 fully saturated rings. The molecule has 9 nitrogen and oxygen atoms in total. The van der Waals surface area contributed by atoms with E-state index in [0.29, 0.717) is 5.56 Å². The van der Waals surface area contributed by atoms with Crippen LogP contribution in [0.15, 0.2) is 35.1 Å². The van der Waals surface area contributed by atoms with Crippen LogP contribution in [0.2, 0.25) is 0 Å². The second kappa shape index (κ2) is 7.27. The van der Waals surface area contributed by atoms with Crippen molar-refractivity contribution < 1.29 is 39.6 Å². The molecule has 5 atom stereocenters. The lowest BCUT2D eigenvalue weighted by Crippen LogP contribution is -2.62. The van der Waals surface area contributed by atoms with Gasteiger partial charge in [0.1, 0.15) is 28.6 Å². The van der Waals surface area contributed by atoms with E-state index in [1.165, 1.54) is 6.07 Å². The Morgan fingerprint density at radius 2 is 1.82 bits per heavy atom. The molecule has 0 aromatic heterocycles. The van der Waals surface area contributed by atoms with Crippen LogP contribution < -0.4 is 5.73 Å². The molecule has 4 aliphatic rings. The third kappa shape index (κ3) is 2.82. The summed E-state index contributed by atoms with van der Waals surface area (Å²) in [5.41, 5.74) is 2.04. The predicted molar refractivity (Wildman–Crippen MR) is 117 cm³/mol. The standard InChI is InChI=1S/C25H25NO8/c1-9-11-3-2-4-14(27)18(11)21(30)20-17(9)12(7-15(28)10-5-6-10)13-8-16(29)19(24(26)33)22(31)25(13,34)23(20)32/h2-4,9-10,12-13,17,27,30-31,34H,5-8H2,1H3,(H2,26,33)/t9-,12+,13+,17-,25+/m0/s1. The first-order valence-corrected chi connectivity index (χ1v) is 11.3. The van der Waals surface area contributed by atoms with E-state index in [0.717, 1.165) is 12.8 Å². The number of hydrogen-bond acceptors (Lipinski definition) is 8. The highest BCUT2D eigenvalue weighted by atomic mass is 16.3. The highest BCUT2D eigenvalue weighted by Crippen LogP contribution is 2.59. The van der Waals surface area contributed by atoms with Gasteiger partial charge in [0.15, 0.2) is 11.4 Å². The number of fused-ring (bicyclic) bond motifs is 3. The number of phenols is 1. The molecule has 1 amide bonds. The first-order valence-electron chi connectivity index (χ1n) is 11.3. The minimum atomic E-state index is -2.71. The maximum absolute atomic E-state index is 13.8. The molecule has 4 aliphatic carbocycles. The number of aliphatic hydroxyl groups is 3. The average molecular weight is 467 g/mol. The summed E-state index contributed by atoms with van der Waals surface area (Å²) in [6.45, 7) is 1.79. The highest BCUT2D eigenvalue weighted by molar-refractivity contribution is 6.23. The van der Waals surface area contributed by atoms with E-state index in [1.807, 2.05) is 0 Å². The molecule has 9 heteroatoms. The Morgan fingerprint density at radius 1 is 1.15 bits per heavy atom. The van der Waals surface area contributed by atoms with Crippen molar-refractivity contribution in [2.24, 2.45) is 29.4 Å². The van der Waals surface area contributed by atoms with E-state index in [4.69, 9.17) is 5.73 Å². The van der Waals surface area contributed by atoms with Gasteiger partial charge in [0, 0.05) is 36.2 Å². The number of benzene rings is 1. The first kappa shape index (κ1) is 22.3. The van der Waals surface area contributed by atoms with Gasteiger partial charge in [-0.1, -0.05) is 19.1 Å². The van der Waals surface area contributed by atoms with Crippen LogP contribution in [0, 0.1) is 23.7 Å². The normalized spacial score (nSPS) is 32.8. The molecule has 1 aromatic carbocycles. The maximum atomic E-state index is 13.8. The first-order chi connectivity index (χ1) is 16.0. The van der Waals surface area contributed by atoms with Crippen LogP contribution in [0.25, 0.3) is 5.76 Å². The predicted octanol–water partition coefficient (Wildman–Crippen LogP) is 1.58. The number of phenolic OH excluding ortho intramolecular Hbond substituents is 1. The Balaban J connectivity index is 1.77. The van der Waals surface area contributed by atoms with Crippen LogP contribution in [0.1, 0.15) is 49.7 Å². The van der Waals surface area contributed by atoms with E-state index in [2.05, 4.69) is 0 Å². The van der Waals surface area contributed by atoms with Crippen LogP contribution in [0.4, 0.5) is 0 Å². The number of hydrogen-bond donors (Lipinski definition) is 5. The lowest BCUT2D eigenvalue weighted by molar-refractivity contribution is -0.155. The lowest BCUT2D eigenvalue weighted by atomic mass is 9.51. The SMILES string of the molecule is C[C@H]1c2cccc(O)c2C(O)=C2C(=O)[C@]3(O)C(O)=C(C(N)=O)C(=O)C[C@@H]3[C@@H](CC(=O)C3CC3)[C@@H]21. The van der Waals surface area contributed by atoms with Gasteiger partial charge in [-0.15, -0.1) is 0 Å². The van der Waals surface area contributed by atoms with Crippen LogP contribution in [0.3, 0.4) is 0 Å². The molecule has 1 aromatic rings. The number of carbonyl (C=O) groups excluding carboxylic acids is 4. The monoisotopic (exact) mass is 467 g/mol. The van der Waals surface area contributed by atoms with E-state index >= 15 is 0 Å². The van der Waals surface area contributed by atoms with Crippen LogP contribution in [0.5, 0.6) is 5.75 Å². The van der Waals surface area contributed by atoms with Gasteiger partial charge in [0.2, 0.25) is 5.78 Å². The van der Waals surface area contributed by atoms with Crippen molar-refractivity contribution in [2.45, 2.75) is 44.1 Å². The van der Waals surface area contributed by atoms with Crippen LogP contribution in [-0.4, -0.2) is 49.3 Å². The molecule has 6 N–H and O–H groups in total. The summed E-state index contributed by atoms with van der Waals surface area (Å²) in [4.78, 5) is 51.3. The molecule has 34 heavy (non-hydrogen) atoms. The zero-order valence-electron chi connectivity index (χ0n) is 18.4. The van der Waals surface area contributed by atoms with E-state index in [1.54, 1.807) is 19.1 Å². The molecule has 0 heterocycles. The van der Waals surface area contributed by atoms with Gasteiger partial charge in [-0.05, 0) is 36.3 Å². The number of ketones is 3. The summed E-state index contributed by atoms with van der Waals surface area (Å²) in [6.07, 6.45) is 0.940. The molecule has 0 radical (unpaired) electrons.